The third-order valence-electron chi connectivity index (χ3n) is 10.3. The van der Waals surface area contributed by atoms with Crippen LogP contribution < -0.4 is 0 Å². The van der Waals surface area contributed by atoms with E-state index in [0.717, 1.165) is 43.3 Å². The first-order chi connectivity index (χ1) is 20.5. The molecule has 5 aliphatic rings. The highest BCUT2D eigenvalue weighted by molar-refractivity contribution is 6.14. The molecule has 0 amide bonds. The maximum atomic E-state index is 14.3. The summed E-state index contributed by atoms with van der Waals surface area (Å²) in [5.41, 5.74) is 2.68. The van der Waals surface area contributed by atoms with Crippen molar-refractivity contribution in [3.63, 3.8) is 0 Å². The normalized spacial score (nSPS) is 26.0. The lowest BCUT2D eigenvalue weighted by Gasteiger charge is -2.41. The van der Waals surface area contributed by atoms with Crippen LogP contribution in [0.3, 0.4) is 0 Å². The molecule has 1 aromatic carbocycles. The van der Waals surface area contributed by atoms with Crippen LogP contribution in [0.2, 0.25) is 0 Å². The zero-order valence-corrected chi connectivity index (χ0v) is 25.2. The molecular formula is C36H38O7. The van der Waals surface area contributed by atoms with Crippen molar-refractivity contribution in [2.24, 2.45) is 35.0 Å². The Bertz CT molecular complexity index is 1670. The van der Waals surface area contributed by atoms with Crippen LogP contribution in [-0.2, 0) is 16.0 Å². The number of Topliss-reactive ketones (excluding diaryl/α,β-unsaturated/α-hetero) is 3. The summed E-state index contributed by atoms with van der Waals surface area (Å²) < 4.78 is 12.7. The fraction of sp³-hybridized carbons (Fsp3) is 0.472. The second kappa shape index (κ2) is 9.83. The second-order valence-corrected chi connectivity index (χ2v) is 14.1. The molecule has 3 unspecified atom stereocenters. The third-order valence-corrected chi connectivity index (χ3v) is 10.3. The molecule has 0 saturated heterocycles. The molecule has 0 radical (unpaired) electrons. The van der Waals surface area contributed by atoms with Crippen molar-refractivity contribution in [3.8, 4) is 17.1 Å². The number of fused-ring (bicyclic) bond motifs is 2. The molecule has 2 heterocycles. The van der Waals surface area contributed by atoms with Crippen molar-refractivity contribution in [3.05, 3.63) is 75.7 Å². The monoisotopic (exact) mass is 582 g/mol. The Balaban J connectivity index is 1.30. The third kappa shape index (κ3) is 4.18. The van der Waals surface area contributed by atoms with Crippen LogP contribution in [0.4, 0.5) is 0 Å². The van der Waals surface area contributed by atoms with Gasteiger partial charge in [-0.3, -0.25) is 14.4 Å². The Morgan fingerprint density at radius 1 is 1.05 bits per heavy atom. The van der Waals surface area contributed by atoms with Gasteiger partial charge in [-0.25, -0.2) is 0 Å². The number of aliphatic hydroxyl groups is 1. The highest BCUT2D eigenvalue weighted by Crippen LogP contribution is 2.59. The average molecular weight is 583 g/mol. The Hall–Kier alpha value is -3.87. The number of hydrogen-bond acceptors (Lipinski definition) is 7. The number of aromatic hydroxyl groups is 1. The van der Waals surface area contributed by atoms with Gasteiger partial charge in [0.15, 0.2) is 17.3 Å². The van der Waals surface area contributed by atoms with Crippen LogP contribution in [0.5, 0.6) is 5.75 Å². The minimum absolute atomic E-state index is 0.0290. The Morgan fingerprint density at radius 2 is 1.81 bits per heavy atom. The van der Waals surface area contributed by atoms with E-state index in [1.807, 2.05) is 13.8 Å². The van der Waals surface area contributed by atoms with Gasteiger partial charge in [0, 0.05) is 34.5 Å². The lowest BCUT2D eigenvalue weighted by molar-refractivity contribution is -0.117. The van der Waals surface area contributed by atoms with Gasteiger partial charge < -0.3 is 19.4 Å². The predicted molar refractivity (Wildman–Crippen MR) is 159 cm³/mol. The first-order valence-corrected chi connectivity index (χ1v) is 15.6. The number of aliphatic hydroxyl groups excluding tert-OH is 1. The largest absolute Gasteiger partial charge is 0.515 e. The minimum Gasteiger partial charge on any atom is -0.515 e. The number of benzene rings is 1. The molecule has 3 atom stereocenters. The van der Waals surface area contributed by atoms with Gasteiger partial charge in [-0.05, 0) is 79.7 Å². The predicted octanol–water partition coefficient (Wildman–Crippen LogP) is 7.65. The van der Waals surface area contributed by atoms with E-state index in [1.54, 1.807) is 18.2 Å². The van der Waals surface area contributed by atoms with Crippen LogP contribution in [0, 0.1) is 35.0 Å². The Labute approximate surface area is 251 Å². The molecule has 2 fully saturated rings. The van der Waals surface area contributed by atoms with Gasteiger partial charge in [0.05, 0.1) is 23.3 Å². The first kappa shape index (κ1) is 27.9. The number of carbonyl (C=O) groups excluding carboxylic acids is 3. The van der Waals surface area contributed by atoms with Gasteiger partial charge in [0.2, 0.25) is 5.78 Å². The molecule has 7 nitrogen and oxygen atoms in total. The van der Waals surface area contributed by atoms with E-state index in [0.29, 0.717) is 59.0 Å². The van der Waals surface area contributed by atoms with Crippen LogP contribution in [0.25, 0.3) is 11.3 Å². The first-order valence-electron chi connectivity index (χ1n) is 15.6. The molecule has 4 aliphatic carbocycles. The molecule has 7 heteroatoms. The van der Waals surface area contributed by atoms with Gasteiger partial charge in [-0.15, -0.1) is 0 Å². The van der Waals surface area contributed by atoms with E-state index in [4.69, 9.17) is 9.15 Å². The number of furan rings is 1. The summed E-state index contributed by atoms with van der Waals surface area (Å²) in [5.74, 6) is 1.67. The lowest BCUT2D eigenvalue weighted by atomic mass is 9.60. The number of rotatable bonds is 6. The van der Waals surface area contributed by atoms with E-state index >= 15 is 0 Å². The molecule has 2 aromatic rings. The summed E-state index contributed by atoms with van der Waals surface area (Å²) in [4.78, 5) is 40.8. The van der Waals surface area contributed by atoms with Crippen molar-refractivity contribution >= 4 is 17.3 Å². The number of allylic oxidation sites excluding steroid dienone is 4. The molecular weight excluding hydrogens is 544 g/mol. The summed E-state index contributed by atoms with van der Waals surface area (Å²) >= 11 is 0. The molecule has 2 saturated carbocycles. The molecule has 1 aromatic heterocycles. The van der Waals surface area contributed by atoms with Gasteiger partial charge in [-0.2, -0.15) is 0 Å². The SMILES string of the molecule is CC(C)CC(C)(C)C(=O)c1ccc(-c2ccc(O)c3c2CC2CC4CC(=O)/C(=C/O)C5=C(C6CCC6)OC(=C2C3=O)C54)o1. The van der Waals surface area contributed by atoms with Crippen LogP contribution in [0.15, 0.2) is 63.2 Å². The van der Waals surface area contributed by atoms with Crippen molar-refractivity contribution in [2.45, 2.75) is 72.6 Å². The summed E-state index contributed by atoms with van der Waals surface area (Å²) in [6.07, 6.45) is 6.03. The number of carbonyl (C=O) groups is 3. The molecule has 0 bridgehead atoms. The summed E-state index contributed by atoms with van der Waals surface area (Å²) in [5, 5.41) is 21.1. The molecule has 2 N–H and O–H groups in total. The lowest BCUT2D eigenvalue weighted by Crippen LogP contribution is -2.39. The maximum absolute atomic E-state index is 14.3. The van der Waals surface area contributed by atoms with Gasteiger partial charge >= 0.3 is 0 Å². The molecule has 224 valence electrons. The van der Waals surface area contributed by atoms with Gasteiger partial charge in [0.1, 0.15) is 23.0 Å². The topological polar surface area (TPSA) is 114 Å². The number of phenolic OH excluding ortho intramolecular Hbond substituents is 1. The Morgan fingerprint density at radius 3 is 2.49 bits per heavy atom. The maximum Gasteiger partial charge on any atom is 0.203 e. The smallest absolute Gasteiger partial charge is 0.203 e. The number of ketones is 3. The molecule has 1 aliphatic heterocycles. The molecule has 0 spiro atoms. The van der Waals surface area contributed by atoms with E-state index in [9.17, 15) is 24.6 Å². The Kier molecular flexibility index (Phi) is 6.39. The van der Waals surface area contributed by atoms with Crippen molar-refractivity contribution in [1.82, 2.24) is 0 Å². The zero-order valence-electron chi connectivity index (χ0n) is 25.2. The number of phenols is 1. The summed E-state index contributed by atoms with van der Waals surface area (Å²) in [6, 6.07) is 6.73. The average Bonchev–Trinajstić information content (AvgIpc) is 3.53. The second-order valence-electron chi connectivity index (χ2n) is 14.1. The summed E-state index contributed by atoms with van der Waals surface area (Å²) in [7, 11) is 0. The highest BCUT2D eigenvalue weighted by Gasteiger charge is 2.54. The number of ether oxygens (including phenoxy) is 1. The van der Waals surface area contributed by atoms with E-state index in [2.05, 4.69) is 13.8 Å². The quantitative estimate of drug-likeness (QED) is 0.204. The van der Waals surface area contributed by atoms with Gasteiger partial charge in [0.25, 0.3) is 0 Å². The van der Waals surface area contributed by atoms with Crippen molar-refractivity contribution in [2.75, 3.05) is 0 Å². The van der Waals surface area contributed by atoms with Crippen molar-refractivity contribution < 1.29 is 33.8 Å². The fourth-order valence-corrected chi connectivity index (χ4v) is 8.38. The standard InChI is InChI=1S/C36H38O7/c1-17(2)15-36(3,4)35(41)27-11-10-26(42-27)21-8-9-24(38)30-22(21)13-19-12-20-14-25(39)23(16-37)31-28(20)34(29(19)32(30)40)43-33(31)18-6-5-7-18/h8-11,16-20,28,37-38H,5-7,12-15H2,1-4H3/b23-16-. The highest BCUT2D eigenvalue weighted by atomic mass is 16.5. The van der Waals surface area contributed by atoms with E-state index < -0.39 is 5.41 Å². The minimum atomic E-state index is -0.581. The van der Waals surface area contributed by atoms with Crippen LogP contribution in [-0.4, -0.2) is 27.6 Å². The van der Waals surface area contributed by atoms with Gasteiger partial charge in [-0.1, -0.05) is 34.1 Å². The molecule has 7 rings (SSSR count). The molecule has 43 heavy (non-hydrogen) atoms. The van der Waals surface area contributed by atoms with E-state index in [1.165, 1.54) is 6.07 Å². The van der Waals surface area contributed by atoms with Crippen molar-refractivity contribution in [1.29, 1.82) is 0 Å². The van der Waals surface area contributed by atoms with Crippen LogP contribution in [0.1, 0.15) is 92.7 Å². The summed E-state index contributed by atoms with van der Waals surface area (Å²) in [6.45, 7) is 8.04. The fourth-order valence-electron chi connectivity index (χ4n) is 8.38. The number of hydrogen-bond donors (Lipinski definition) is 2. The zero-order chi connectivity index (χ0) is 30.4. The van der Waals surface area contributed by atoms with E-state index in [-0.39, 0.29) is 58.1 Å². The van der Waals surface area contributed by atoms with Crippen LogP contribution >= 0.6 is 0 Å².